The number of rotatable bonds is 7. The van der Waals surface area contributed by atoms with Gasteiger partial charge >= 0.3 is 0 Å². The van der Waals surface area contributed by atoms with Crippen molar-refractivity contribution in [2.75, 3.05) is 18.5 Å². The molecule has 0 radical (unpaired) electrons. The molecule has 104 valence electrons. The van der Waals surface area contributed by atoms with E-state index in [0.29, 0.717) is 24.2 Å². The molecule has 0 saturated heterocycles. The number of hydrogen-bond donors (Lipinski definition) is 1. The normalized spacial score (nSPS) is 16.2. The van der Waals surface area contributed by atoms with Crippen LogP contribution in [0.15, 0.2) is 12.7 Å². The summed E-state index contributed by atoms with van der Waals surface area (Å²) in [6, 6.07) is 0. The molecule has 1 saturated carbocycles. The number of nitrogens with zero attached hydrogens (tertiary/aromatic N) is 2. The first-order valence-electron chi connectivity index (χ1n) is 6.62. The van der Waals surface area contributed by atoms with Crippen LogP contribution in [-0.2, 0) is 4.74 Å². The molecule has 1 unspecified atom stereocenters. The SMILES string of the molecule is C=CCOC(C)CNc1nc(C2CC2)nc(Cl)c1C. The van der Waals surface area contributed by atoms with Crippen molar-refractivity contribution >= 4 is 17.4 Å². The van der Waals surface area contributed by atoms with Gasteiger partial charge in [0, 0.05) is 18.0 Å². The second-order valence-electron chi connectivity index (χ2n) is 4.93. The molecule has 0 spiro atoms. The number of halogens is 1. The molecule has 0 aliphatic heterocycles. The zero-order valence-corrected chi connectivity index (χ0v) is 12.2. The highest BCUT2D eigenvalue weighted by Crippen LogP contribution is 2.39. The minimum Gasteiger partial charge on any atom is -0.373 e. The Morgan fingerprint density at radius 1 is 1.53 bits per heavy atom. The lowest BCUT2D eigenvalue weighted by Crippen LogP contribution is -2.21. The van der Waals surface area contributed by atoms with Gasteiger partial charge in [0.2, 0.25) is 0 Å². The Hall–Kier alpha value is -1.13. The van der Waals surface area contributed by atoms with Crippen molar-refractivity contribution in [2.24, 2.45) is 0 Å². The summed E-state index contributed by atoms with van der Waals surface area (Å²) in [7, 11) is 0. The van der Waals surface area contributed by atoms with E-state index in [1.807, 2.05) is 13.8 Å². The highest BCUT2D eigenvalue weighted by Gasteiger charge is 2.28. The predicted octanol–water partition coefficient (Wildman–Crippen LogP) is 3.32. The van der Waals surface area contributed by atoms with Crippen LogP contribution in [0.1, 0.15) is 37.1 Å². The molecule has 0 aromatic carbocycles. The van der Waals surface area contributed by atoms with Crippen molar-refractivity contribution in [2.45, 2.75) is 38.7 Å². The number of hydrogen-bond acceptors (Lipinski definition) is 4. The summed E-state index contributed by atoms with van der Waals surface area (Å²) in [5, 5.41) is 3.83. The molecule has 0 bridgehead atoms. The highest BCUT2D eigenvalue weighted by molar-refractivity contribution is 6.30. The minimum atomic E-state index is 0.0931. The average Bonchev–Trinajstić information content (AvgIpc) is 3.22. The van der Waals surface area contributed by atoms with Crippen molar-refractivity contribution in [3.8, 4) is 0 Å². The summed E-state index contributed by atoms with van der Waals surface area (Å²) in [4.78, 5) is 8.91. The number of anilines is 1. The van der Waals surface area contributed by atoms with Crippen LogP contribution >= 0.6 is 11.6 Å². The van der Waals surface area contributed by atoms with Crippen molar-refractivity contribution in [3.05, 3.63) is 29.2 Å². The molecule has 19 heavy (non-hydrogen) atoms. The third-order valence-corrected chi connectivity index (χ3v) is 3.47. The smallest absolute Gasteiger partial charge is 0.137 e. The largest absolute Gasteiger partial charge is 0.373 e. The maximum Gasteiger partial charge on any atom is 0.137 e. The minimum absolute atomic E-state index is 0.0931. The van der Waals surface area contributed by atoms with Crippen LogP contribution in [0.3, 0.4) is 0 Å². The molecule has 1 aliphatic rings. The summed E-state index contributed by atoms with van der Waals surface area (Å²) < 4.78 is 5.52. The van der Waals surface area contributed by atoms with E-state index in [4.69, 9.17) is 16.3 Å². The van der Waals surface area contributed by atoms with Gasteiger partial charge < -0.3 is 10.1 Å². The molecule has 2 rings (SSSR count). The van der Waals surface area contributed by atoms with Gasteiger partial charge in [0.15, 0.2) is 0 Å². The standard InChI is InChI=1S/C14H20ClN3O/c1-4-7-19-9(2)8-16-13-10(3)12(15)17-14(18-13)11-5-6-11/h4,9,11H,1,5-8H2,2-3H3,(H,16,17,18). The van der Waals surface area contributed by atoms with Gasteiger partial charge in [-0.3, -0.25) is 0 Å². The molecule has 4 nitrogen and oxygen atoms in total. The second kappa shape index (κ2) is 6.35. The van der Waals surface area contributed by atoms with Crippen LogP contribution < -0.4 is 5.32 Å². The van der Waals surface area contributed by atoms with Gasteiger partial charge in [-0.2, -0.15) is 0 Å². The van der Waals surface area contributed by atoms with E-state index in [1.54, 1.807) is 6.08 Å². The summed E-state index contributed by atoms with van der Waals surface area (Å²) in [5.41, 5.74) is 0.891. The molecule has 1 aliphatic carbocycles. The Kier molecular flexibility index (Phi) is 4.77. The fraction of sp³-hybridized carbons (Fsp3) is 0.571. The second-order valence-corrected chi connectivity index (χ2v) is 5.29. The third-order valence-electron chi connectivity index (χ3n) is 3.10. The molecular formula is C14H20ClN3O. The van der Waals surface area contributed by atoms with E-state index >= 15 is 0 Å². The van der Waals surface area contributed by atoms with Gasteiger partial charge in [-0.15, -0.1) is 6.58 Å². The highest BCUT2D eigenvalue weighted by atomic mass is 35.5. The van der Waals surface area contributed by atoms with Crippen LogP contribution in [0.25, 0.3) is 0 Å². The Balaban J connectivity index is 2.00. The summed E-state index contributed by atoms with van der Waals surface area (Å²) in [5.74, 6) is 2.17. The Bertz CT molecular complexity index is 460. The van der Waals surface area contributed by atoms with E-state index < -0.39 is 0 Å². The van der Waals surface area contributed by atoms with Gasteiger partial charge in [0.1, 0.15) is 16.8 Å². The molecular weight excluding hydrogens is 262 g/mol. The van der Waals surface area contributed by atoms with Crippen LogP contribution in [-0.4, -0.2) is 29.2 Å². The zero-order chi connectivity index (χ0) is 13.8. The zero-order valence-electron chi connectivity index (χ0n) is 11.4. The summed E-state index contributed by atoms with van der Waals surface area (Å²) in [6.07, 6.45) is 4.17. The fourth-order valence-electron chi connectivity index (χ4n) is 1.73. The number of aromatic nitrogens is 2. The topological polar surface area (TPSA) is 47.0 Å². The van der Waals surface area contributed by atoms with E-state index in [9.17, 15) is 0 Å². The third kappa shape index (κ3) is 3.91. The molecule has 1 atom stereocenters. The lowest BCUT2D eigenvalue weighted by molar-refractivity contribution is 0.0979. The van der Waals surface area contributed by atoms with E-state index in [-0.39, 0.29) is 6.10 Å². The molecule has 1 aromatic heterocycles. The lowest BCUT2D eigenvalue weighted by atomic mass is 10.3. The van der Waals surface area contributed by atoms with Gasteiger partial charge in [-0.05, 0) is 26.7 Å². The van der Waals surface area contributed by atoms with Crippen molar-refractivity contribution < 1.29 is 4.74 Å². The predicted molar refractivity (Wildman–Crippen MR) is 77.9 cm³/mol. The van der Waals surface area contributed by atoms with E-state index in [2.05, 4.69) is 21.9 Å². The number of nitrogens with one attached hydrogen (secondary N) is 1. The van der Waals surface area contributed by atoms with Crippen molar-refractivity contribution in [1.82, 2.24) is 9.97 Å². The van der Waals surface area contributed by atoms with E-state index in [0.717, 1.165) is 30.0 Å². The Labute approximate surface area is 119 Å². The Morgan fingerprint density at radius 3 is 2.89 bits per heavy atom. The van der Waals surface area contributed by atoms with Gasteiger partial charge in [-0.25, -0.2) is 9.97 Å². The molecule has 1 fully saturated rings. The summed E-state index contributed by atoms with van der Waals surface area (Å²) in [6.45, 7) is 8.81. The molecule has 0 amide bonds. The van der Waals surface area contributed by atoms with Gasteiger partial charge in [0.25, 0.3) is 0 Å². The first-order valence-corrected chi connectivity index (χ1v) is 7.00. The maximum atomic E-state index is 6.15. The molecule has 1 aromatic rings. The van der Waals surface area contributed by atoms with Gasteiger partial charge in [-0.1, -0.05) is 17.7 Å². The van der Waals surface area contributed by atoms with Crippen LogP contribution in [0.5, 0.6) is 0 Å². The molecule has 1 N–H and O–H groups in total. The average molecular weight is 282 g/mol. The fourth-order valence-corrected chi connectivity index (χ4v) is 1.91. The van der Waals surface area contributed by atoms with E-state index in [1.165, 1.54) is 0 Å². The molecule has 5 heteroatoms. The quantitative estimate of drug-likeness (QED) is 0.615. The maximum absolute atomic E-state index is 6.15. The van der Waals surface area contributed by atoms with Gasteiger partial charge in [0.05, 0.1) is 12.7 Å². The number of ether oxygens (including phenoxy) is 1. The van der Waals surface area contributed by atoms with Crippen molar-refractivity contribution in [3.63, 3.8) is 0 Å². The Morgan fingerprint density at radius 2 is 2.26 bits per heavy atom. The monoisotopic (exact) mass is 281 g/mol. The lowest BCUT2D eigenvalue weighted by Gasteiger charge is -2.15. The van der Waals surface area contributed by atoms with Crippen LogP contribution in [0.2, 0.25) is 5.15 Å². The summed E-state index contributed by atoms with van der Waals surface area (Å²) >= 11 is 6.15. The van der Waals surface area contributed by atoms with Crippen molar-refractivity contribution in [1.29, 1.82) is 0 Å². The van der Waals surface area contributed by atoms with Crippen LogP contribution in [0, 0.1) is 6.92 Å². The first kappa shape index (κ1) is 14.3. The molecule has 1 heterocycles. The first-order chi connectivity index (χ1) is 9.11. The van der Waals surface area contributed by atoms with Crippen LogP contribution in [0.4, 0.5) is 5.82 Å².